The molecule has 1 unspecified atom stereocenters. The molecule has 0 radical (unpaired) electrons. The molecule has 0 bridgehead atoms. The van der Waals surface area contributed by atoms with Crippen molar-refractivity contribution in [1.29, 1.82) is 0 Å². The first-order chi connectivity index (χ1) is 12.5. The molecule has 0 saturated heterocycles. The highest BCUT2D eigenvalue weighted by atomic mass is 79.9. The van der Waals surface area contributed by atoms with Gasteiger partial charge in [-0.3, -0.25) is 0 Å². The fraction of sp³-hybridized carbons (Fsp3) is 0.188. The average Bonchev–Trinajstić information content (AvgIpc) is 3.10. The largest absolute Gasteiger partial charge is 0.328 e. The summed E-state index contributed by atoms with van der Waals surface area (Å²) in [6.07, 6.45) is 4.53. The number of amides is 2. The summed E-state index contributed by atoms with van der Waals surface area (Å²) in [5.41, 5.74) is 1.10. The topological polar surface area (TPSA) is 97.6 Å². The molecule has 8 nitrogen and oxygen atoms in total. The summed E-state index contributed by atoms with van der Waals surface area (Å²) >= 11 is 3.11. The lowest BCUT2D eigenvalue weighted by Crippen LogP contribution is -2.33. The number of nitrogens with zero attached hydrogens (tertiary/aromatic N) is 5. The Kier molecular flexibility index (Phi) is 5.21. The summed E-state index contributed by atoms with van der Waals surface area (Å²) in [4.78, 5) is 24.7. The molecule has 2 N–H and O–H groups in total. The molecule has 1 aromatic carbocycles. The van der Waals surface area contributed by atoms with Gasteiger partial charge in [-0.1, -0.05) is 0 Å². The monoisotopic (exact) mass is 419 g/mol. The second kappa shape index (κ2) is 7.56. The number of halogens is 2. The van der Waals surface area contributed by atoms with Gasteiger partial charge in [-0.05, 0) is 53.5 Å². The summed E-state index contributed by atoms with van der Waals surface area (Å²) in [5, 5.41) is 9.46. The van der Waals surface area contributed by atoms with Gasteiger partial charge in [0.2, 0.25) is 0 Å². The lowest BCUT2D eigenvalue weighted by molar-refractivity contribution is 0.248. The van der Waals surface area contributed by atoms with Gasteiger partial charge in [0.05, 0.1) is 10.5 Å². The molecule has 3 rings (SSSR count). The van der Waals surface area contributed by atoms with Gasteiger partial charge in [0.25, 0.3) is 5.95 Å². The van der Waals surface area contributed by atoms with E-state index in [0.717, 1.165) is 5.56 Å². The number of hydrogen-bond acceptors (Lipinski definition) is 5. The first-order valence-electron chi connectivity index (χ1n) is 7.66. The first-order valence-corrected chi connectivity index (χ1v) is 8.45. The predicted molar refractivity (Wildman–Crippen MR) is 96.4 cm³/mol. The number of carbonyl (C=O) groups is 1. The number of aryl methyl sites for hydroxylation is 1. The van der Waals surface area contributed by atoms with Gasteiger partial charge < -0.3 is 10.6 Å². The minimum Gasteiger partial charge on any atom is -0.328 e. The molecule has 3 aromatic rings. The Morgan fingerprint density at radius 3 is 2.73 bits per heavy atom. The zero-order valence-electron chi connectivity index (χ0n) is 13.9. The molecule has 26 heavy (non-hydrogen) atoms. The van der Waals surface area contributed by atoms with Crippen LogP contribution in [0.15, 0.2) is 41.4 Å². The van der Waals surface area contributed by atoms with Gasteiger partial charge in [-0.15, -0.1) is 0 Å². The summed E-state index contributed by atoms with van der Waals surface area (Å²) in [6, 6.07) is 3.56. The molecule has 0 aliphatic heterocycles. The average molecular weight is 420 g/mol. The second-order valence-corrected chi connectivity index (χ2v) is 6.33. The third-order valence-corrected chi connectivity index (χ3v) is 4.17. The molecule has 2 heterocycles. The summed E-state index contributed by atoms with van der Waals surface area (Å²) in [5.74, 6) is 0.352. The first kappa shape index (κ1) is 17.9. The zero-order valence-corrected chi connectivity index (χ0v) is 15.5. The van der Waals surface area contributed by atoms with Gasteiger partial charge in [0.15, 0.2) is 5.82 Å². The molecule has 2 amide bonds. The highest BCUT2D eigenvalue weighted by Gasteiger charge is 2.18. The molecule has 0 fully saturated rings. The van der Waals surface area contributed by atoms with Crippen LogP contribution in [0.2, 0.25) is 0 Å². The third-order valence-electron chi connectivity index (χ3n) is 3.57. The van der Waals surface area contributed by atoms with E-state index < -0.39 is 17.9 Å². The predicted octanol–water partition coefficient (Wildman–Crippen LogP) is 3.15. The summed E-state index contributed by atoms with van der Waals surface area (Å²) in [7, 11) is 0. The summed E-state index contributed by atoms with van der Waals surface area (Å²) < 4.78 is 15.5. The van der Waals surface area contributed by atoms with Crippen molar-refractivity contribution < 1.29 is 9.18 Å². The van der Waals surface area contributed by atoms with Gasteiger partial charge in [-0.2, -0.15) is 9.78 Å². The van der Waals surface area contributed by atoms with E-state index >= 15 is 0 Å². The van der Waals surface area contributed by atoms with E-state index in [2.05, 4.69) is 46.6 Å². The van der Waals surface area contributed by atoms with E-state index in [1.165, 1.54) is 17.1 Å². The molecular weight excluding hydrogens is 405 g/mol. The summed E-state index contributed by atoms with van der Waals surface area (Å²) in [6.45, 7) is 3.52. The Hall–Kier alpha value is -2.88. The number of hydrogen-bond donors (Lipinski definition) is 2. The number of urea groups is 1. The van der Waals surface area contributed by atoms with Crippen molar-refractivity contribution >= 4 is 27.6 Å². The molecule has 1 atom stereocenters. The lowest BCUT2D eigenvalue weighted by Gasteiger charge is -2.15. The maximum absolute atomic E-state index is 13.7. The van der Waals surface area contributed by atoms with E-state index in [9.17, 15) is 9.18 Å². The number of nitrogens with one attached hydrogen (secondary N) is 2. The van der Waals surface area contributed by atoms with Crippen molar-refractivity contribution in [2.45, 2.75) is 19.9 Å². The maximum atomic E-state index is 13.7. The van der Waals surface area contributed by atoms with Crippen LogP contribution >= 0.6 is 15.9 Å². The fourth-order valence-electron chi connectivity index (χ4n) is 2.30. The maximum Gasteiger partial charge on any atom is 0.319 e. The van der Waals surface area contributed by atoms with Gasteiger partial charge in [-0.25, -0.2) is 24.1 Å². The van der Waals surface area contributed by atoms with E-state index in [0.29, 0.717) is 21.9 Å². The molecule has 0 aliphatic rings. The molecule has 134 valence electrons. The van der Waals surface area contributed by atoms with Crippen LogP contribution in [-0.2, 0) is 0 Å². The fourth-order valence-corrected chi connectivity index (χ4v) is 2.76. The minimum absolute atomic E-state index is 0.338. The lowest BCUT2D eigenvalue weighted by atomic mass is 10.2. The van der Waals surface area contributed by atoms with Gasteiger partial charge >= 0.3 is 6.03 Å². The van der Waals surface area contributed by atoms with Crippen LogP contribution in [0.25, 0.3) is 5.95 Å². The number of carbonyl (C=O) groups excluding carboxylic acids is 1. The van der Waals surface area contributed by atoms with E-state index in [4.69, 9.17) is 0 Å². The second-order valence-electron chi connectivity index (χ2n) is 5.48. The van der Waals surface area contributed by atoms with Gasteiger partial charge in [0.1, 0.15) is 12.1 Å². The normalized spacial score (nSPS) is 11.8. The molecular formula is C16H15BrFN7O. The van der Waals surface area contributed by atoms with Crippen LogP contribution in [0.1, 0.15) is 24.4 Å². The van der Waals surface area contributed by atoms with E-state index in [-0.39, 0.29) is 0 Å². The number of rotatable bonds is 4. The highest BCUT2D eigenvalue weighted by molar-refractivity contribution is 9.10. The van der Waals surface area contributed by atoms with Crippen molar-refractivity contribution in [3.05, 3.63) is 58.6 Å². The highest BCUT2D eigenvalue weighted by Crippen LogP contribution is 2.24. The number of anilines is 1. The van der Waals surface area contributed by atoms with Gasteiger partial charge in [0, 0.05) is 18.1 Å². The standard InChI is InChI=1S/C16H15BrFN7O/c1-9-6-11(17)12(18)7-13(9)24-16(26)23-10(2)14-21-8-22-25(14)15-19-4-3-5-20-15/h3-8,10H,1-2H3,(H2,23,24,26). The molecule has 0 aliphatic carbocycles. The molecule has 0 spiro atoms. The Bertz CT molecular complexity index is 932. The Labute approximate surface area is 157 Å². The zero-order chi connectivity index (χ0) is 18.7. The van der Waals surface area contributed by atoms with Crippen molar-refractivity contribution in [3.8, 4) is 5.95 Å². The number of aromatic nitrogens is 5. The van der Waals surface area contributed by atoms with Crippen LogP contribution in [0.4, 0.5) is 14.9 Å². The third kappa shape index (κ3) is 3.85. The van der Waals surface area contributed by atoms with Crippen LogP contribution in [0.3, 0.4) is 0 Å². The Morgan fingerprint density at radius 1 is 1.27 bits per heavy atom. The van der Waals surface area contributed by atoms with Crippen LogP contribution in [0.5, 0.6) is 0 Å². The number of benzene rings is 1. The quantitative estimate of drug-likeness (QED) is 0.676. The Balaban J connectivity index is 1.73. The smallest absolute Gasteiger partial charge is 0.319 e. The van der Waals surface area contributed by atoms with Crippen molar-refractivity contribution in [2.75, 3.05) is 5.32 Å². The van der Waals surface area contributed by atoms with Crippen LogP contribution in [0, 0.1) is 12.7 Å². The van der Waals surface area contributed by atoms with Crippen LogP contribution < -0.4 is 10.6 Å². The van der Waals surface area contributed by atoms with Crippen molar-refractivity contribution in [3.63, 3.8) is 0 Å². The van der Waals surface area contributed by atoms with E-state index in [1.54, 1.807) is 38.4 Å². The molecule has 0 saturated carbocycles. The van der Waals surface area contributed by atoms with E-state index in [1.807, 2.05) is 0 Å². The molecule has 10 heteroatoms. The SMILES string of the molecule is Cc1cc(Br)c(F)cc1NC(=O)NC(C)c1ncnn1-c1ncccn1. The Morgan fingerprint density at radius 2 is 2.00 bits per heavy atom. The molecule has 2 aromatic heterocycles. The van der Waals surface area contributed by atoms with Crippen molar-refractivity contribution in [1.82, 2.24) is 30.0 Å². The minimum atomic E-state index is -0.495. The van der Waals surface area contributed by atoms with Crippen molar-refractivity contribution in [2.24, 2.45) is 0 Å². The van der Waals surface area contributed by atoms with Crippen LogP contribution in [-0.4, -0.2) is 30.8 Å².